The number of nitrogens with one attached hydrogen (secondary N) is 1. The summed E-state index contributed by atoms with van der Waals surface area (Å²) in [4.78, 5) is 0. The van der Waals surface area contributed by atoms with E-state index in [4.69, 9.17) is 0 Å². The molecule has 0 heterocycles. The minimum Gasteiger partial charge on any atom is -0.147 e. The molecule has 0 saturated heterocycles. The molecule has 0 aromatic heterocycles. The van der Waals surface area contributed by atoms with Gasteiger partial charge in [-0.05, 0) is 0 Å². The van der Waals surface area contributed by atoms with Crippen molar-refractivity contribution >= 4 is 53.7 Å². The molecule has 28 heavy (non-hydrogen) atoms. The first-order valence-corrected chi connectivity index (χ1v) is 23.6. The molecule has 1 atom stereocenters. The molecule has 0 spiro atoms. The number of fused-ring (bicyclic) bond motifs is 1. The number of hydrogen-bond acceptors (Lipinski definition) is 1. The Morgan fingerprint density at radius 2 is 1.57 bits per heavy atom. The maximum Gasteiger partial charge on any atom is -0.147 e. The van der Waals surface area contributed by atoms with E-state index in [9.17, 15) is 0 Å². The average Bonchev–Trinajstić information content (AvgIpc) is 2.84. The van der Waals surface area contributed by atoms with Gasteiger partial charge in [0.1, 0.15) is 0 Å². The summed E-state index contributed by atoms with van der Waals surface area (Å²) in [7, 11) is 0. The molecule has 0 saturated carbocycles. The molecule has 0 aliphatic heterocycles. The number of rotatable bonds is 3. The zero-order chi connectivity index (χ0) is 19.4. The molecule has 1 N–H and O–H groups in total. The van der Waals surface area contributed by atoms with Crippen LogP contribution in [0.25, 0.3) is 17.2 Å². The Hall–Kier alpha value is 0.300. The molecule has 0 radical (unpaired) electrons. The number of benzene rings is 2. The van der Waals surface area contributed by atoms with Gasteiger partial charge >= 0.3 is 171 Å². The van der Waals surface area contributed by atoms with Gasteiger partial charge in [0.15, 0.2) is 0 Å². The summed E-state index contributed by atoms with van der Waals surface area (Å²) in [6.45, 7) is 11.5. The maximum atomic E-state index is 4.13. The van der Waals surface area contributed by atoms with Crippen LogP contribution >= 0.6 is 40.7 Å². The van der Waals surface area contributed by atoms with E-state index in [1.54, 1.807) is 0 Å². The summed E-state index contributed by atoms with van der Waals surface area (Å²) in [6.07, 6.45) is 2.44. The predicted octanol–water partition coefficient (Wildman–Crippen LogP) is 7.05. The standard InChI is InChI=1S/C16H12Br.C4H10N.2CH3.2ClH.H2Si.Zr/c1-11-9-14-13(12-5-3-2-4-6-12)7-8-16(17)15(14)10-11;1-4(2,3)5;;;;;;/h2-10H,1H3;5H,1-3H3;2*1H3;2*1H;1H2;/q;-1;;;;;;+1. The van der Waals surface area contributed by atoms with Crippen LogP contribution in [0.1, 0.15) is 42.4 Å². The fourth-order valence-electron chi connectivity index (χ4n) is 4.96. The Balaban J connectivity index is 0.00000196. The molecule has 1 nitrogen and oxygen atoms in total. The third-order valence-corrected chi connectivity index (χ3v) is 19.5. The second-order valence-corrected chi connectivity index (χ2v) is 39.4. The molecule has 6 heteroatoms. The van der Waals surface area contributed by atoms with Gasteiger partial charge in [0.25, 0.3) is 0 Å². The number of allylic oxidation sites excluding steroid dienone is 1. The average molecular weight is 581 g/mol. The van der Waals surface area contributed by atoms with Crippen LogP contribution in [0.5, 0.6) is 0 Å². The van der Waals surface area contributed by atoms with Crippen molar-refractivity contribution in [1.82, 2.24) is 3.26 Å². The normalized spacial score (nSPS) is 16.6. The van der Waals surface area contributed by atoms with Crippen LogP contribution in [0.2, 0.25) is 9.26 Å². The summed E-state index contributed by atoms with van der Waals surface area (Å²) in [6, 6.07) is 15.3. The van der Waals surface area contributed by atoms with Gasteiger partial charge in [-0.2, -0.15) is 0 Å². The second-order valence-electron chi connectivity index (χ2n) is 9.79. The molecule has 154 valence electrons. The SMILES string of the molecule is CC1=Cc2c(-c3ccccc3)ccc(Br)c2[CH]1[Zr]([CH3])([CH3])(=[SiH2])[NH]C(C)(C)C.Cl.Cl. The minimum absolute atomic E-state index is 0. The van der Waals surface area contributed by atoms with Crippen molar-refractivity contribution in [1.29, 1.82) is 0 Å². The molecule has 1 aliphatic rings. The number of hydrogen-bond donors (Lipinski definition) is 1. The number of halogens is 3. The van der Waals surface area contributed by atoms with Gasteiger partial charge in [-0.1, -0.05) is 0 Å². The van der Waals surface area contributed by atoms with Crippen LogP contribution in [0.15, 0.2) is 52.5 Å². The summed E-state index contributed by atoms with van der Waals surface area (Å²) in [5.41, 5.74) is 7.17. The van der Waals surface area contributed by atoms with E-state index in [1.165, 1.54) is 32.3 Å². The van der Waals surface area contributed by atoms with Crippen LogP contribution in [-0.4, -0.2) is 12.4 Å². The Morgan fingerprint density at radius 3 is 2.11 bits per heavy atom. The fourth-order valence-corrected chi connectivity index (χ4v) is 25.6. The van der Waals surface area contributed by atoms with Crippen molar-refractivity contribution in [2.45, 2.75) is 46.1 Å². The largest absolute Gasteiger partial charge is 0.147 e. The van der Waals surface area contributed by atoms with Crippen molar-refractivity contribution in [3.05, 3.63) is 63.6 Å². The van der Waals surface area contributed by atoms with E-state index in [1.807, 2.05) is 0 Å². The Bertz CT molecular complexity index is 958. The third-order valence-electron chi connectivity index (χ3n) is 5.15. The van der Waals surface area contributed by atoms with E-state index in [-0.39, 0.29) is 30.4 Å². The molecular formula is C22H32BrCl2NSiZr. The zero-order valence-corrected chi connectivity index (χ0v) is 24.7. The van der Waals surface area contributed by atoms with E-state index in [2.05, 4.69) is 112 Å². The van der Waals surface area contributed by atoms with E-state index in [0.717, 1.165) is 0 Å². The van der Waals surface area contributed by atoms with Gasteiger partial charge in [0, 0.05) is 0 Å². The van der Waals surface area contributed by atoms with Crippen LogP contribution in [0.3, 0.4) is 0 Å². The van der Waals surface area contributed by atoms with Gasteiger partial charge in [-0.3, -0.25) is 0 Å². The van der Waals surface area contributed by atoms with Crippen LogP contribution < -0.4 is 3.26 Å². The van der Waals surface area contributed by atoms with Crippen LogP contribution in [0.4, 0.5) is 0 Å². The van der Waals surface area contributed by atoms with Crippen molar-refractivity contribution in [3.63, 3.8) is 0 Å². The van der Waals surface area contributed by atoms with E-state index >= 15 is 0 Å². The topological polar surface area (TPSA) is 12.0 Å². The Labute approximate surface area is 194 Å². The van der Waals surface area contributed by atoms with Gasteiger partial charge in [0.05, 0.1) is 0 Å². The van der Waals surface area contributed by atoms with Gasteiger partial charge in [0.2, 0.25) is 0 Å². The quantitative estimate of drug-likeness (QED) is 0.384. The molecule has 0 amide bonds. The first-order chi connectivity index (χ1) is 11.9. The predicted molar refractivity (Wildman–Crippen MR) is 134 cm³/mol. The second kappa shape index (κ2) is 8.81. The first kappa shape index (κ1) is 26.3. The zero-order valence-electron chi connectivity index (χ0n) is 17.6. The molecule has 1 aliphatic carbocycles. The summed E-state index contributed by atoms with van der Waals surface area (Å²) in [5.74, 6) is 0. The first-order valence-electron chi connectivity index (χ1n) is 9.31. The molecule has 2 aromatic carbocycles. The third kappa shape index (κ3) is 5.31. The monoisotopic (exact) mass is 577 g/mol. The van der Waals surface area contributed by atoms with Crippen molar-refractivity contribution in [2.75, 3.05) is 0 Å². The van der Waals surface area contributed by atoms with Gasteiger partial charge in [-0.15, -0.1) is 24.8 Å². The molecule has 0 bridgehead atoms. The molecule has 0 fully saturated rings. The Morgan fingerprint density at radius 1 is 1.00 bits per heavy atom. The van der Waals surface area contributed by atoms with Gasteiger partial charge in [-0.25, -0.2) is 0 Å². The maximum absolute atomic E-state index is 4.13. The summed E-state index contributed by atoms with van der Waals surface area (Å²) < 4.78 is 11.0. The summed E-state index contributed by atoms with van der Waals surface area (Å²) >= 11 is 0.669. The van der Waals surface area contributed by atoms with Crippen LogP contribution in [0, 0.1) is 0 Å². The molecule has 2 aromatic rings. The molecule has 3 rings (SSSR count). The smallest absolute Gasteiger partial charge is 0.147 e. The van der Waals surface area contributed by atoms with Crippen LogP contribution in [-0.2, 0) is 17.7 Å². The minimum atomic E-state index is -3.22. The van der Waals surface area contributed by atoms with Crippen molar-refractivity contribution in [2.24, 2.45) is 0 Å². The fraction of sp³-hybridized carbons (Fsp3) is 0.364. The molecule has 1 unspecified atom stereocenters. The van der Waals surface area contributed by atoms with Crippen molar-refractivity contribution in [3.8, 4) is 11.1 Å². The van der Waals surface area contributed by atoms with E-state index in [0.29, 0.717) is 3.63 Å². The Kier molecular flexibility index (Phi) is 8.29. The molecular weight excluding hydrogens is 548 g/mol. The van der Waals surface area contributed by atoms with Gasteiger partial charge < -0.3 is 0 Å². The van der Waals surface area contributed by atoms with Crippen molar-refractivity contribution < 1.29 is 17.7 Å². The summed E-state index contributed by atoms with van der Waals surface area (Å²) in [5, 5.41) is 0. The van der Waals surface area contributed by atoms with E-state index < -0.39 is 17.7 Å².